The Labute approximate surface area is 136 Å². The number of diazo groups is 1. The molecule has 0 aliphatic carbocycles. The first-order chi connectivity index (χ1) is 10.4. The highest BCUT2D eigenvalue weighted by Gasteiger charge is 2.19. The van der Waals surface area contributed by atoms with Gasteiger partial charge in [-0.3, -0.25) is 0 Å². The molecule has 0 aromatic heterocycles. The van der Waals surface area contributed by atoms with Crippen LogP contribution in [-0.2, 0) is 0 Å². The van der Waals surface area contributed by atoms with Gasteiger partial charge in [-0.05, 0) is 37.5 Å². The maximum absolute atomic E-state index is 8.99. The molecule has 1 aliphatic rings. The standard InChI is InChI=1S/C17H18N3O.ClH/c18-19-14-9-10-16(20-11-5-2-6-12-20)17(13-14)21-15-7-3-1-4-8-15;/h1,3-4,7-10,13H,2,5-6,11-12H2;1H/q+1;/p-1. The fraction of sp³-hybridized carbons (Fsp3) is 0.294. The molecule has 0 atom stereocenters. The van der Waals surface area contributed by atoms with Crippen molar-refractivity contribution >= 4 is 11.4 Å². The average Bonchev–Trinajstić information content (AvgIpc) is 2.56. The zero-order chi connectivity index (χ0) is 14.5. The van der Waals surface area contributed by atoms with Crippen molar-refractivity contribution in [2.75, 3.05) is 18.0 Å². The van der Waals surface area contributed by atoms with Crippen molar-refractivity contribution in [1.29, 1.82) is 5.39 Å². The number of ether oxygens (including phenoxy) is 1. The zero-order valence-corrected chi connectivity index (χ0v) is 13.0. The zero-order valence-electron chi connectivity index (χ0n) is 12.3. The van der Waals surface area contributed by atoms with Gasteiger partial charge in [-0.1, -0.05) is 18.2 Å². The molecule has 22 heavy (non-hydrogen) atoms. The molecule has 0 radical (unpaired) electrons. The summed E-state index contributed by atoms with van der Waals surface area (Å²) in [5.41, 5.74) is 1.56. The van der Waals surface area contributed by atoms with Gasteiger partial charge in [0, 0.05) is 19.2 Å². The van der Waals surface area contributed by atoms with Gasteiger partial charge in [0.25, 0.3) is 0 Å². The van der Waals surface area contributed by atoms with E-state index in [1.54, 1.807) is 6.07 Å². The van der Waals surface area contributed by atoms with Crippen molar-refractivity contribution in [2.24, 2.45) is 0 Å². The summed E-state index contributed by atoms with van der Waals surface area (Å²) >= 11 is 0. The summed E-state index contributed by atoms with van der Waals surface area (Å²) in [4.78, 5) is 5.60. The van der Waals surface area contributed by atoms with Gasteiger partial charge in [-0.25, -0.2) is 0 Å². The van der Waals surface area contributed by atoms with Gasteiger partial charge in [0.15, 0.2) is 10.7 Å². The van der Waals surface area contributed by atoms with Gasteiger partial charge >= 0.3 is 5.69 Å². The van der Waals surface area contributed by atoms with Crippen LogP contribution in [0.25, 0.3) is 4.98 Å². The molecular formula is C17H18ClN3O. The topological polar surface area (TPSA) is 40.6 Å². The summed E-state index contributed by atoms with van der Waals surface area (Å²) in [6.45, 7) is 2.08. The van der Waals surface area contributed by atoms with Crippen molar-refractivity contribution in [3.63, 3.8) is 0 Å². The van der Waals surface area contributed by atoms with E-state index < -0.39 is 0 Å². The van der Waals surface area contributed by atoms with Gasteiger partial charge in [0.1, 0.15) is 5.75 Å². The van der Waals surface area contributed by atoms with Crippen LogP contribution in [-0.4, -0.2) is 13.1 Å². The fourth-order valence-electron chi connectivity index (χ4n) is 2.66. The molecule has 0 spiro atoms. The Morgan fingerprint density at radius 2 is 1.68 bits per heavy atom. The van der Waals surface area contributed by atoms with Gasteiger partial charge in [0.2, 0.25) is 5.39 Å². The second kappa shape index (κ2) is 7.67. The molecule has 2 aromatic carbocycles. The van der Waals surface area contributed by atoms with Crippen LogP contribution in [0.3, 0.4) is 0 Å². The third kappa shape index (κ3) is 3.69. The van der Waals surface area contributed by atoms with Crippen molar-refractivity contribution in [3.05, 3.63) is 53.5 Å². The summed E-state index contributed by atoms with van der Waals surface area (Å²) in [5, 5.41) is 8.99. The summed E-state index contributed by atoms with van der Waals surface area (Å²) in [5.74, 6) is 1.52. The first-order valence-electron chi connectivity index (χ1n) is 7.34. The molecule has 2 aromatic rings. The van der Waals surface area contributed by atoms with Crippen LogP contribution in [0.1, 0.15) is 19.3 Å². The maximum Gasteiger partial charge on any atom is 0.388 e. The summed E-state index contributed by atoms with van der Waals surface area (Å²) in [6.07, 6.45) is 3.70. The van der Waals surface area contributed by atoms with Crippen molar-refractivity contribution in [1.82, 2.24) is 0 Å². The minimum atomic E-state index is 0. The lowest BCUT2D eigenvalue weighted by molar-refractivity contribution is -0.00000491. The van der Waals surface area contributed by atoms with E-state index in [9.17, 15) is 0 Å². The molecule has 5 heteroatoms. The van der Waals surface area contributed by atoms with Crippen molar-refractivity contribution < 1.29 is 17.1 Å². The van der Waals surface area contributed by atoms with E-state index in [4.69, 9.17) is 10.1 Å². The Balaban J connectivity index is 0.00000176. The van der Waals surface area contributed by atoms with Gasteiger partial charge < -0.3 is 22.0 Å². The molecule has 1 heterocycles. The highest BCUT2D eigenvalue weighted by molar-refractivity contribution is 5.66. The van der Waals surface area contributed by atoms with Gasteiger partial charge in [-0.15, -0.1) is 0 Å². The smallest absolute Gasteiger partial charge is 0.388 e. The first kappa shape index (κ1) is 16.1. The second-order valence-corrected chi connectivity index (χ2v) is 5.21. The van der Waals surface area contributed by atoms with Crippen LogP contribution < -0.4 is 22.0 Å². The van der Waals surface area contributed by atoms with E-state index >= 15 is 0 Å². The Morgan fingerprint density at radius 1 is 0.955 bits per heavy atom. The minimum absolute atomic E-state index is 0. The van der Waals surface area contributed by atoms with E-state index in [1.807, 2.05) is 42.5 Å². The average molecular weight is 316 g/mol. The summed E-state index contributed by atoms with van der Waals surface area (Å²) < 4.78 is 5.99. The molecule has 0 unspecified atom stereocenters. The van der Waals surface area contributed by atoms with Crippen molar-refractivity contribution in [2.45, 2.75) is 19.3 Å². The number of rotatable bonds is 3. The monoisotopic (exact) mass is 315 g/mol. The predicted octanol–water partition coefficient (Wildman–Crippen LogP) is 1.96. The Kier molecular flexibility index (Phi) is 5.62. The van der Waals surface area contributed by atoms with Gasteiger partial charge in [-0.2, -0.15) is 0 Å². The molecule has 1 saturated heterocycles. The normalized spacial score (nSPS) is 13.9. The Bertz CT molecular complexity index is 649. The maximum atomic E-state index is 8.99. The molecule has 114 valence electrons. The third-order valence-electron chi connectivity index (χ3n) is 3.73. The van der Waals surface area contributed by atoms with Crippen LogP contribution in [0.4, 0.5) is 11.4 Å². The first-order valence-corrected chi connectivity index (χ1v) is 7.34. The fourth-order valence-corrected chi connectivity index (χ4v) is 2.66. The molecule has 3 rings (SSSR count). The number of anilines is 1. The SMILES string of the molecule is N#[N+]c1ccc(N2CCCCC2)c(Oc2ccccc2)c1.[Cl-]. The van der Waals surface area contributed by atoms with E-state index in [2.05, 4.69) is 9.88 Å². The largest absolute Gasteiger partial charge is 1.00 e. The number of halogens is 1. The number of hydrogen-bond acceptors (Lipinski definition) is 3. The third-order valence-corrected chi connectivity index (χ3v) is 3.73. The highest BCUT2D eigenvalue weighted by Crippen LogP contribution is 2.36. The Morgan fingerprint density at radius 3 is 2.36 bits per heavy atom. The summed E-state index contributed by atoms with van der Waals surface area (Å²) in [6, 6.07) is 15.2. The number of benzene rings is 2. The lowest BCUT2D eigenvalue weighted by Gasteiger charge is -2.29. The molecule has 0 bridgehead atoms. The van der Waals surface area contributed by atoms with Crippen LogP contribution in [0, 0.1) is 5.39 Å². The number of piperidine rings is 1. The van der Waals surface area contributed by atoms with Crippen LogP contribution in [0.2, 0.25) is 0 Å². The Hall–Kier alpha value is -2.25. The number of para-hydroxylation sites is 1. The van der Waals surface area contributed by atoms with Crippen LogP contribution in [0.5, 0.6) is 11.5 Å². The van der Waals surface area contributed by atoms with E-state index in [0.29, 0.717) is 5.69 Å². The summed E-state index contributed by atoms with van der Waals surface area (Å²) in [7, 11) is 0. The van der Waals surface area contributed by atoms with E-state index in [1.165, 1.54) is 19.3 Å². The molecular weight excluding hydrogens is 298 g/mol. The molecule has 4 nitrogen and oxygen atoms in total. The molecule has 0 N–H and O–H groups in total. The molecule has 0 saturated carbocycles. The quantitative estimate of drug-likeness (QED) is 0.813. The van der Waals surface area contributed by atoms with E-state index in [-0.39, 0.29) is 12.4 Å². The van der Waals surface area contributed by atoms with Gasteiger partial charge in [0.05, 0.1) is 11.8 Å². The minimum Gasteiger partial charge on any atom is -1.00 e. The van der Waals surface area contributed by atoms with Crippen molar-refractivity contribution in [3.8, 4) is 11.5 Å². The van der Waals surface area contributed by atoms with E-state index in [0.717, 1.165) is 30.3 Å². The molecule has 0 amide bonds. The molecule has 1 fully saturated rings. The number of nitrogens with zero attached hydrogens (tertiary/aromatic N) is 3. The lowest BCUT2D eigenvalue weighted by atomic mass is 10.1. The predicted molar refractivity (Wildman–Crippen MR) is 83.8 cm³/mol. The number of hydrogen-bond donors (Lipinski definition) is 0. The second-order valence-electron chi connectivity index (χ2n) is 5.21. The van der Waals surface area contributed by atoms with Crippen LogP contribution in [0.15, 0.2) is 48.5 Å². The lowest BCUT2D eigenvalue weighted by Crippen LogP contribution is -3.00. The molecule has 1 aliphatic heterocycles. The highest BCUT2D eigenvalue weighted by atomic mass is 35.5. The van der Waals surface area contributed by atoms with Crippen LogP contribution >= 0.6 is 0 Å².